The number of ether oxygens (including phenoxy) is 1. The van der Waals surface area contributed by atoms with Gasteiger partial charge in [-0.15, -0.1) is 0 Å². The first-order valence-corrected chi connectivity index (χ1v) is 7.07. The number of benzene rings is 1. The lowest BCUT2D eigenvalue weighted by atomic mass is 10.3. The van der Waals surface area contributed by atoms with E-state index in [-0.39, 0.29) is 11.0 Å². The van der Waals surface area contributed by atoms with E-state index >= 15 is 0 Å². The average Bonchev–Trinajstić information content (AvgIpc) is 2.46. The van der Waals surface area contributed by atoms with Crippen molar-refractivity contribution in [3.8, 4) is 5.75 Å². The van der Waals surface area contributed by atoms with Crippen molar-refractivity contribution in [3.63, 3.8) is 0 Å². The Kier molecular flexibility index (Phi) is 4.80. The number of methoxy groups -OCH3 is 1. The number of hydrogen-bond acceptors (Lipinski definition) is 5. The third kappa shape index (κ3) is 4.03. The molecule has 0 atom stereocenters. The van der Waals surface area contributed by atoms with Crippen molar-refractivity contribution in [2.45, 2.75) is 16.2 Å². The van der Waals surface area contributed by atoms with Crippen LogP contribution in [0, 0.1) is 0 Å². The minimum absolute atomic E-state index is 0.0451. The number of rotatable bonds is 4. The van der Waals surface area contributed by atoms with Crippen molar-refractivity contribution < 1.29 is 17.9 Å². The molecule has 1 aromatic heterocycles. The average molecular weight is 329 g/mol. The molecule has 0 saturated carbocycles. The number of nitrogens with zero attached hydrogens (tertiary/aromatic N) is 3. The Bertz CT molecular complexity index is 645. The molecule has 22 heavy (non-hydrogen) atoms. The zero-order chi connectivity index (χ0) is 16.3. The predicted molar refractivity (Wildman–Crippen MR) is 78.5 cm³/mol. The standard InChI is InChI=1S/C14H14F3N3OS/c1-20(2)12-8-11(14(15,16)17)18-13(19-12)22-10-6-4-9(21-3)5-7-10/h4-8H,1-3H3. The zero-order valence-corrected chi connectivity index (χ0v) is 13.0. The van der Waals surface area contributed by atoms with Crippen LogP contribution in [0.5, 0.6) is 5.75 Å². The van der Waals surface area contributed by atoms with E-state index in [1.54, 1.807) is 45.5 Å². The van der Waals surface area contributed by atoms with Gasteiger partial charge >= 0.3 is 6.18 Å². The van der Waals surface area contributed by atoms with Gasteiger partial charge in [-0.1, -0.05) is 0 Å². The smallest absolute Gasteiger partial charge is 0.433 e. The summed E-state index contributed by atoms with van der Waals surface area (Å²) in [5, 5.41) is 0.0451. The molecular formula is C14H14F3N3OS. The highest BCUT2D eigenvalue weighted by atomic mass is 32.2. The molecule has 0 fully saturated rings. The van der Waals surface area contributed by atoms with Crippen LogP contribution < -0.4 is 9.64 Å². The second-order valence-electron chi connectivity index (χ2n) is 4.56. The highest BCUT2D eigenvalue weighted by Crippen LogP contribution is 2.33. The number of aromatic nitrogens is 2. The van der Waals surface area contributed by atoms with Crippen LogP contribution in [0.1, 0.15) is 5.69 Å². The summed E-state index contributed by atoms with van der Waals surface area (Å²) < 4.78 is 43.8. The van der Waals surface area contributed by atoms with Crippen molar-refractivity contribution in [1.82, 2.24) is 9.97 Å². The van der Waals surface area contributed by atoms with E-state index < -0.39 is 11.9 Å². The number of anilines is 1. The molecule has 0 unspecified atom stereocenters. The van der Waals surface area contributed by atoms with Crippen LogP contribution in [0.15, 0.2) is 40.4 Å². The number of alkyl halides is 3. The van der Waals surface area contributed by atoms with Crippen LogP contribution in [-0.2, 0) is 6.18 Å². The molecule has 0 bridgehead atoms. The lowest BCUT2D eigenvalue weighted by molar-refractivity contribution is -0.141. The second-order valence-corrected chi connectivity index (χ2v) is 5.60. The van der Waals surface area contributed by atoms with Gasteiger partial charge in [0.2, 0.25) is 0 Å². The minimum Gasteiger partial charge on any atom is -0.497 e. The van der Waals surface area contributed by atoms with Crippen LogP contribution in [-0.4, -0.2) is 31.2 Å². The molecule has 0 amide bonds. The van der Waals surface area contributed by atoms with Gasteiger partial charge in [-0.3, -0.25) is 0 Å². The largest absolute Gasteiger partial charge is 0.497 e. The zero-order valence-electron chi connectivity index (χ0n) is 12.2. The molecule has 4 nitrogen and oxygen atoms in total. The van der Waals surface area contributed by atoms with Crippen LogP contribution in [0.2, 0.25) is 0 Å². The van der Waals surface area contributed by atoms with Crippen LogP contribution in [0.3, 0.4) is 0 Å². The molecule has 1 heterocycles. The normalized spacial score (nSPS) is 11.4. The second kappa shape index (κ2) is 6.43. The summed E-state index contributed by atoms with van der Waals surface area (Å²) in [4.78, 5) is 9.96. The predicted octanol–water partition coefficient (Wildman–Crippen LogP) is 3.72. The van der Waals surface area contributed by atoms with Crippen LogP contribution in [0.4, 0.5) is 19.0 Å². The van der Waals surface area contributed by atoms with E-state index in [4.69, 9.17) is 4.74 Å². The third-order valence-corrected chi connectivity index (χ3v) is 3.58. The topological polar surface area (TPSA) is 38.2 Å². The molecule has 0 aliphatic carbocycles. The molecule has 0 aliphatic rings. The lowest BCUT2D eigenvalue weighted by Gasteiger charge is -2.15. The van der Waals surface area contributed by atoms with Gasteiger partial charge in [0, 0.05) is 25.1 Å². The molecule has 1 aromatic carbocycles. The van der Waals surface area contributed by atoms with Gasteiger partial charge in [0.25, 0.3) is 0 Å². The summed E-state index contributed by atoms with van der Waals surface area (Å²) in [6.45, 7) is 0. The van der Waals surface area contributed by atoms with E-state index in [1.165, 1.54) is 4.90 Å². The Morgan fingerprint density at radius 3 is 2.23 bits per heavy atom. The maximum atomic E-state index is 12.9. The molecule has 0 radical (unpaired) electrons. The maximum absolute atomic E-state index is 12.9. The monoisotopic (exact) mass is 329 g/mol. The van der Waals surface area contributed by atoms with E-state index in [0.717, 1.165) is 22.7 Å². The number of halogens is 3. The summed E-state index contributed by atoms with van der Waals surface area (Å²) in [5.41, 5.74) is -0.956. The third-order valence-electron chi connectivity index (χ3n) is 2.71. The van der Waals surface area contributed by atoms with Gasteiger partial charge in [-0.2, -0.15) is 13.2 Å². The van der Waals surface area contributed by atoms with Gasteiger partial charge in [-0.25, -0.2) is 9.97 Å². The molecule has 118 valence electrons. The van der Waals surface area contributed by atoms with Crippen molar-refractivity contribution in [2.75, 3.05) is 26.1 Å². The first-order valence-electron chi connectivity index (χ1n) is 6.25. The van der Waals surface area contributed by atoms with Gasteiger partial charge < -0.3 is 9.64 Å². The molecule has 2 aromatic rings. The minimum atomic E-state index is -4.51. The van der Waals surface area contributed by atoms with Crippen molar-refractivity contribution >= 4 is 17.6 Å². The Labute approximate surface area is 130 Å². The highest BCUT2D eigenvalue weighted by molar-refractivity contribution is 7.99. The Hall–Kier alpha value is -1.96. The molecule has 8 heteroatoms. The summed E-state index contributed by atoms with van der Waals surface area (Å²) in [5.74, 6) is 0.877. The van der Waals surface area contributed by atoms with Crippen LogP contribution in [0.25, 0.3) is 0 Å². The first-order chi connectivity index (χ1) is 10.3. The fourth-order valence-corrected chi connectivity index (χ4v) is 2.35. The molecule has 0 aliphatic heterocycles. The Morgan fingerprint density at radius 2 is 1.73 bits per heavy atom. The lowest BCUT2D eigenvalue weighted by Crippen LogP contribution is -2.15. The van der Waals surface area contributed by atoms with Gasteiger partial charge in [0.15, 0.2) is 10.9 Å². The molecular weight excluding hydrogens is 315 g/mol. The summed E-state index contributed by atoms with van der Waals surface area (Å²) in [7, 11) is 4.80. The summed E-state index contributed by atoms with van der Waals surface area (Å²) >= 11 is 1.06. The quantitative estimate of drug-likeness (QED) is 0.799. The maximum Gasteiger partial charge on any atom is 0.433 e. The first kappa shape index (κ1) is 16.4. The Balaban J connectivity index is 2.34. The molecule has 2 rings (SSSR count). The Morgan fingerprint density at radius 1 is 1.09 bits per heavy atom. The molecule has 0 saturated heterocycles. The summed E-state index contributed by atoms with van der Waals surface area (Å²) in [6, 6.07) is 7.86. The summed E-state index contributed by atoms with van der Waals surface area (Å²) in [6.07, 6.45) is -4.51. The van der Waals surface area contributed by atoms with E-state index in [2.05, 4.69) is 9.97 Å². The number of hydrogen-bond donors (Lipinski definition) is 0. The van der Waals surface area contributed by atoms with Gasteiger partial charge in [0.1, 0.15) is 11.6 Å². The van der Waals surface area contributed by atoms with E-state index in [1.807, 2.05) is 0 Å². The molecule has 0 spiro atoms. The SMILES string of the molecule is COc1ccc(Sc2nc(N(C)C)cc(C(F)(F)F)n2)cc1. The van der Waals surface area contributed by atoms with E-state index in [0.29, 0.717) is 5.75 Å². The van der Waals surface area contributed by atoms with Crippen molar-refractivity contribution in [3.05, 3.63) is 36.0 Å². The van der Waals surface area contributed by atoms with Gasteiger partial charge in [0.05, 0.1) is 7.11 Å². The van der Waals surface area contributed by atoms with Crippen LogP contribution >= 0.6 is 11.8 Å². The van der Waals surface area contributed by atoms with E-state index in [9.17, 15) is 13.2 Å². The molecule has 0 N–H and O–H groups in total. The van der Waals surface area contributed by atoms with Gasteiger partial charge in [-0.05, 0) is 36.0 Å². The fourth-order valence-electron chi connectivity index (χ4n) is 1.58. The van der Waals surface area contributed by atoms with Crippen molar-refractivity contribution in [1.29, 1.82) is 0 Å². The van der Waals surface area contributed by atoms with Crippen molar-refractivity contribution in [2.24, 2.45) is 0 Å². The fraction of sp³-hybridized carbons (Fsp3) is 0.286. The highest BCUT2D eigenvalue weighted by Gasteiger charge is 2.34.